The summed E-state index contributed by atoms with van der Waals surface area (Å²) in [5.74, 6) is -1.41. The zero-order chi connectivity index (χ0) is 24.2. The summed E-state index contributed by atoms with van der Waals surface area (Å²) in [6.07, 6.45) is 3.70. The lowest BCUT2D eigenvalue weighted by Crippen LogP contribution is -2.50. The minimum absolute atomic E-state index is 0.0542. The van der Waals surface area contributed by atoms with E-state index in [1.165, 1.54) is 12.1 Å². The molecule has 1 saturated heterocycles. The Balaban J connectivity index is 1.56. The lowest BCUT2D eigenvalue weighted by Gasteiger charge is -2.33. The minimum atomic E-state index is -0.833. The molecule has 1 saturated carbocycles. The number of carbonyl (C=O) groups is 4. The average molecular weight is 483 g/mol. The number of esters is 1. The Kier molecular flexibility index (Phi) is 7.32. The van der Waals surface area contributed by atoms with Crippen molar-refractivity contribution in [2.75, 3.05) is 11.5 Å². The van der Waals surface area contributed by atoms with E-state index >= 15 is 0 Å². The van der Waals surface area contributed by atoms with Gasteiger partial charge in [0.1, 0.15) is 6.04 Å². The highest BCUT2D eigenvalue weighted by Crippen LogP contribution is 2.32. The fraction of sp³-hybridized carbons (Fsp3) is 0.385. The smallest absolute Gasteiger partial charge is 0.338 e. The molecule has 1 aliphatic carbocycles. The van der Waals surface area contributed by atoms with Gasteiger partial charge in [0.05, 0.1) is 30.7 Å². The molecule has 178 valence electrons. The predicted molar refractivity (Wildman–Crippen MR) is 128 cm³/mol. The van der Waals surface area contributed by atoms with Crippen molar-refractivity contribution in [2.45, 2.75) is 57.5 Å². The molecule has 1 atom stereocenters. The zero-order valence-electron chi connectivity index (χ0n) is 19.0. The Morgan fingerprint density at radius 2 is 1.68 bits per heavy atom. The summed E-state index contributed by atoms with van der Waals surface area (Å²) in [7, 11) is 0. The summed E-state index contributed by atoms with van der Waals surface area (Å²) in [4.78, 5) is 54.4. The number of imide groups is 1. The molecule has 8 heteroatoms. The molecule has 7 nitrogen and oxygen atoms in total. The summed E-state index contributed by atoms with van der Waals surface area (Å²) < 4.78 is 4.98. The fourth-order valence-corrected chi connectivity index (χ4v) is 4.87. The van der Waals surface area contributed by atoms with Gasteiger partial charge >= 0.3 is 5.97 Å². The Hall–Kier alpha value is -3.19. The van der Waals surface area contributed by atoms with Crippen LogP contribution in [0.15, 0.2) is 48.5 Å². The molecule has 1 heterocycles. The van der Waals surface area contributed by atoms with E-state index in [0.717, 1.165) is 36.1 Å². The van der Waals surface area contributed by atoms with Crippen molar-refractivity contribution in [3.8, 4) is 0 Å². The first-order valence-corrected chi connectivity index (χ1v) is 12.0. The van der Waals surface area contributed by atoms with E-state index in [9.17, 15) is 19.2 Å². The number of hydrogen-bond acceptors (Lipinski definition) is 5. The average Bonchev–Trinajstić information content (AvgIpc) is 3.44. The van der Waals surface area contributed by atoms with Crippen molar-refractivity contribution in [1.82, 2.24) is 4.90 Å². The topological polar surface area (TPSA) is 84.0 Å². The van der Waals surface area contributed by atoms with Crippen LogP contribution in [-0.2, 0) is 25.5 Å². The maximum Gasteiger partial charge on any atom is 0.338 e. The minimum Gasteiger partial charge on any atom is -0.462 e. The van der Waals surface area contributed by atoms with Gasteiger partial charge in [-0.05, 0) is 61.7 Å². The first-order chi connectivity index (χ1) is 16.4. The lowest BCUT2D eigenvalue weighted by molar-refractivity contribution is -0.140. The number of hydrogen-bond donors (Lipinski definition) is 0. The Labute approximate surface area is 203 Å². The number of rotatable bonds is 7. The second-order valence-electron chi connectivity index (χ2n) is 8.60. The number of amides is 3. The molecule has 0 N–H and O–H groups in total. The molecule has 2 aromatic rings. The lowest BCUT2D eigenvalue weighted by atomic mass is 10.1. The molecule has 0 radical (unpaired) electrons. The molecule has 1 aliphatic heterocycles. The number of benzene rings is 2. The highest BCUT2D eigenvalue weighted by atomic mass is 35.5. The van der Waals surface area contributed by atoms with Gasteiger partial charge in [0.25, 0.3) is 5.91 Å². The maximum absolute atomic E-state index is 13.4. The molecule has 2 aliphatic rings. The second kappa shape index (κ2) is 10.4. The standard InChI is InChI=1S/C26H27ClN2O5/c1-2-34-26(33)18-9-13-21(14-10-18)29-24(31)16-22(25(29)32)28(20-5-3-4-6-20)23(30)15-17-7-11-19(27)12-8-17/h7-14,20,22H,2-6,15-16H2,1H3. The number of nitrogens with zero attached hydrogens (tertiary/aromatic N) is 2. The normalized spacial score (nSPS) is 18.4. The molecular formula is C26H27ClN2O5. The molecule has 34 heavy (non-hydrogen) atoms. The quantitative estimate of drug-likeness (QED) is 0.437. The first kappa shape index (κ1) is 24.0. The largest absolute Gasteiger partial charge is 0.462 e. The van der Waals surface area contributed by atoms with Crippen LogP contribution < -0.4 is 4.90 Å². The van der Waals surface area contributed by atoms with Crippen LogP contribution in [0.5, 0.6) is 0 Å². The van der Waals surface area contributed by atoms with E-state index in [1.54, 1.807) is 48.2 Å². The van der Waals surface area contributed by atoms with Crippen molar-refractivity contribution in [2.24, 2.45) is 0 Å². The molecule has 0 spiro atoms. The molecular weight excluding hydrogens is 456 g/mol. The monoisotopic (exact) mass is 482 g/mol. The Bertz CT molecular complexity index is 1080. The van der Waals surface area contributed by atoms with Gasteiger partial charge in [-0.3, -0.25) is 14.4 Å². The first-order valence-electron chi connectivity index (χ1n) is 11.6. The Morgan fingerprint density at radius 1 is 1.03 bits per heavy atom. The zero-order valence-corrected chi connectivity index (χ0v) is 19.8. The number of halogens is 1. The summed E-state index contributed by atoms with van der Waals surface area (Å²) in [6.45, 7) is 1.98. The van der Waals surface area contributed by atoms with E-state index in [-0.39, 0.29) is 37.3 Å². The molecule has 0 aromatic heterocycles. The van der Waals surface area contributed by atoms with E-state index < -0.39 is 17.9 Å². The van der Waals surface area contributed by atoms with Crippen molar-refractivity contribution in [3.05, 3.63) is 64.7 Å². The number of anilines is 1. The molecule has 2 fully saturated rings. The van der Waals surface area contributed by atoms with Crippen molar-refractivity contribution in [1.29, 1.82) is 0 Å². The molecule has 3 amide bonds. The fourth-order valence-electron chi connectivity index (χ4n) is 4.75. The van der Waals surface area contributed by atoms with Gasteiger partial charge in [-0.2, -0.15) is 0 Å². The third-order valence-corrected chi connectivity index (χ3v) is 6.62. The van der Waals surface area contributed by atoms with Crippen LogP contribution in [0.3, 0.4) is 0 Å². The predicted octanol–water partition coefficient (Wildman–Crippen LogP) is 4.16. The van der Waals surface area contributed by atoms with Gasteiger partial charge in [-0.25, -0.2) is 9.69 Å². The second-order valence-corrected chi connectivity index (χ2v) is 9.03. The summed E-state index contributed by atoms with van der Waals surface area (Å²) in [5, 5.41) is 0.588. The number of carbonyl (C=O) groups excluding carboxylic acids is 4. The molecule has 4 rings (SSSR count). The van der Waals surface area contributed by atoms with Gasteiger partial charge in [-0.15, -0.1) is 0 Å². The van der Waals surface area contributed by atoms with Crippen molar-refractivity contribution in [3.63, 3.8) is 0 Å². The van der Waals surface area contributed by atoms with Gasteiger partial charge in [-0.1, -0.05) is 36.6 Å². The molecule has 2 aromatic carbocycles. The SMILES string of the molecule is CCOC(=O)c1ccc(N2C(=O)CC(N(C(=O)Cc3ccc(Cl)cc3)C3CCCC3)C2=O)cc1. The van der Waals surface area contributed by atoms with E-state index in [0.29, 0.717) is 16.3 Å². The highest BCUT2D eigenvalue weighted by Gasteiger charge is 2.46. The van der Waals surface area contributed by atoms with Crippen LogP contribution in [0, 0.1) is 0 Å². The van der Waals surface area contributed by atoms with Crippen molar-refractivity contribution >= 4 is 41.0 Å². The van der Waals surface area contributed by atoms with E-state index in [2.05, 4.69) is 0 Å². The van der Waals surface area contributed by atoms with Crippen LogP contribution in [0.4, 0.5) is 5.69 Å². The van der Waals surface area contributed by atoms with Crippen LogP contribution in [0.25, 0.3) is 0 Å². The Morgan fingerprint density at radius 3 is 2.29 bits per heavy atom. The number of ether oxygens (including phenoxy) is 1. The molecule has 0 bridgehead atoms. The van der Waals surface area contributed by atoms with E-state index in [4.69, 9.17) is 16.3 Å². The van der Waals surface area contributed by atoms with E-state index in [1.807, 2.05) is 0 Å². The maximum atomic E-state index is 13.4. The molecule has 1 unspecified atom stereocenters. The van der Waals surface area contributed by atoms with Gasteiger partial charge < -0.3 is 9.64 Å². The van der Waals surface area contributed by atoms with Crippen LogP contribution >= 0.6 is 11.6 Å². The van der Waals surface area contributed by atoms with Crippen molar-refractivity contribution < 1.29 is 23.9 Å². The third-order valence-electron chi connectivity index (χ3n) is 6.37. The van der Waals surface area contributed by atoms with Crippen LogP contribution in [0.1, 0.15) is 54.9 Å². The summed E-state index contributed by atoms with van der Waals surface area (Å²) >= 11 is 5.96. The van der Waals surface area contributed by atoms with Gasteiger partial charge in [0.15, 0.2) is 0 Å². The van der Waals surface area contributed by atoms with Crippen LogP contribution in [0.2, 0.25) is 5.02 Å². The van der Waals surface area contributed by atoms with Gasteiger partial charge in [0, 0.05) is 11.1 Å². The third kappa shape index (κ3) is 4.99. The highest BCUT2D eigenvalue weighted by molar-refractivity contribution is 6.30. The summed E-state index contributed by atoms with van der Waals surface area (Å²) in [5.41, 5.74) is 1.52. The summed E-state index contributed by atoms with van der Waals surface area (Å²) in [6, 6.07) is 12.3. The van der Waals surface area contributed by atoms with Crippen LogP contribution in [-0.4, -0.2) is 47.3 Å². The van der Waals surface area contributed by atoms with Gasteiger partial charge in [0.2, 0.25) is 11.8 Å².